The lowest BCUT2D eigenvalue weighted by atomic mass is 10.2. The number of rotatable bonds is 7. The highest BCUT2D eigenvalue weighted by Crippen LogP contribution is 2.31. The summed E-state index contributed by atoms with van der Waals surface area (Å²) in [6, 6.07) is 13.5. The van der Waals surface area contributed by atoms with Crippen LogP contribution in [0.25, 0.3) is 5.69 Å². The average molecular weight is 455 g/mol. The van der Waals surface area contributed by atoms with Crippen LogP contribution >= 0.6 is 0 Å². The van der Waals surface area contributed by atoms with Crippen molar-refractivity contribution in [2.24, 2.45) is 0 Å². The first-order valence-electron chi connectivity index (χ1n) is 10.7. The molecule has 8 nitrogen and oxygen atoms in total. The molecule has 32 heavy (non-hydrogen) atoms. The number of aromatic nitrogens is 2. The van der Waals surface area contributed by atoms with Crippen LogP contribution in [0, 0.1) is 0 Å². The molecule has 2 aromatic carbocycles. The molecule has 0 spiro atoms. The summed E-state index contributed by atoms with van der Waals surface area (Å²) < 4.78 is 35.3. The van der Waals surface area contributed by atoms with Crippen LogP contribution in [0.2, 0.25) is 0 Å². The molecule has 0 bridgehead atoms. The monoisotopic (exact) mass is 454 g/mol. The highest BCUT2D eigenvalue weighted by molar-refractivity contribution is 7.89. The Morgan fingerprint density at radius 2 is 1.84 bits per heavy atom. The third kappa shape index (κ3) is 4.68. The van der Waals surface area contributed by atoms with E-state index in [-0.39, 0.29) is 10.8 Å². The van der Waals surface area contributed by atoms with Gasteiger partial charge in [0.25, 0.3) is 5.91 Å². The number of hydrogen-bond donors (Lipinski definition) is 1. The second kappa shape index (κ2) is 9.54. The van der Waals surface area contributed by atoms with Gasteiger partial charge in [0.2, 0.25) is 10.0 Å². The number of nitrogens with one attached hydrogen (secondary N) is 1. The van der Waals surface area contributed by atoms with Gasteiger partial charge in [0.1, 0.15) is 10.6 Å². The third-order valence-corrected chi connectivity index (χ3v) is 7.25. The quantitative estimate of drug-likeness (QED) is 0.588. The fraction of sp³-hybridized carbons (Fsp3) is 0.304. The summed E-state index contributed by atoms with van der Waals surface area (Å²) in [5, 5.41) is 6.96. The van der Waals surface area contributed by atoms with Gasteiger partial charge in [0, 0.05) is 36.7 Å². The van der Waals surface area contributed by atoms with Crippen molar-refractivity contribution in [2.75, 3.05) is 25.0 Å². The molecule has 1 aliphatic heterocycles. The smallest absolute Gasteiger partial charge is 0.255 e. The number of nitrogens with zero attached hydrogens (tertiary/aromatic N) is 3. The number of ether oxygens (including phenoxy) is 1. The van der Waals surface area contributed by atoms with Gasteiger partial charge in [-0.1, -0.05) is 6.42 Å². The van der Waals surface area contributed by atoms with Crippen LogP contribution in [0.15, 0.2) is 65.8 Å². The maximum absolute atomic E-state index is 13.3. The molecule has 1 aromatic heterocycles. The van der Waals surface area contributed by atoms with E-state index in [0.29, 0.717) is 36.7 Å². The number of carbonyl (C=O) groups is 1. The lowest BCUT2D eigenvalue weighted by Gasteiger charge is -2.27. The predicted octanol–water partition coefficient (Wildman–Crippen LogP) is 3.70. The normalized spacial score (nSPS) is 14.8. The van der Waals surface area contributed by atoms with Gasteiger partial charge in [-0.25, -0.2) is 13.1 Å². The van der Waals surface area contributed by atoms with E-state index in [1.807, 2.05) is 12.3 Å². The number of anilines is 1. The first kappa shape index (κ1) is 22.0. The fourth-order valence-corrected chi connectivity index (χ4v) is 5.37. The Morgan fingerprint density at radius 3 is 2.50 bits per heavy atom. The van der Waals surface area contributed by atoms with Crippen molar-refractivity contribution < 1.29 is 17.9 Å². The molecule has 1 saturated heterocycles. The van der Waals surface area contributed by atoms with Crippen LogP contribution in [-0.2, 0) is 10.0 Å². The lowest BCUT2D eigenvalue weighted by molar-refractivity contribution is 0.102. The van der Waals surface area contributed by atoms with Crippen molar-refractivity contribution in [1.29, 1.82) is 0 Å². The van der Waals surface area contributed by atoms with Crippen LogP contribution in [0.1, 0.15) is 36.5 Å². The topological polar surface area (TPSA) is 93.5 Å². The van der Waals surface area contributed by atoms with Crippen LogP contribution < -0.4 is 10.1 Å². The molecule has 1 N–H and O–H groups in total. The number of hydrogen-bond acceptors (Lipinski definition) is 5. The van der Waals surface area contributed by atoms with Gasteiger partial charge in [-0.2, -0.15) is 9.40 Å². The second-order valence-corrected chi connectivity index (χ2v) is 9.42. The molecule has 3 aromatic rings. The van der Waals surface area contributed by atoms with Gasteiger partial charge in [-0.3, -0.25) is 4.79 Å². The van der Waals surface area contributed by atoms with Gasteiger partial charge in [0.15, 0.2) is 0 Å². The van der Waals surface area contributed by atoms with Crippen LogP contribution in [-0.4, -0.2) is 48.1 Å². The summed E-state index contributed by atoms with van der Waals surface area (Å²) in [7, 11) is -3.72. The fourth-order valence-electron chi connectivity index (χ4n) is 3.70. The van der Waals surface area contributed by atoms with Crippen LogP contribution in [0.4, 0.5) is 5.69 Å². The van der Waals surface area contributed by atoms with E-state index in [2.05, 4.69) is 10.4 Å². The van der Waals surface area contributed by atoms with E-state index < -0.39 is 10.0 Å². The molecule has 1 aliphatic rings. The summed E-state index contributed by atoms with van der Waals surface area (Å²) >= 11 is 0. The zero-order valence-corrected chi connectivity index (χ0v) is 18.7. The Hall–Kier alpha value is -3.17. The van der Waals surface area contributed by atoms with Crippen molar-refractivity contribution in [2.45, 2.75) is 31.1 Å². The average Bonchev–Trinajstić information content (AvgIpc) is 3.36. The largest absolute Gasteiger partial charge is 0.492 e. The molecule has 1 fully saturated rings. The number of piperidine rings is 1. The van der Waals surface area contributed by atoms with E-state index in [1.165, 1.54) is 10.4 Å². The zero-order valence-electron chi connectivity index (χ0n) is 17.9. The van der Waals surface area contributed by atoms with E-state index in [0.717, 1.165) is 24.9 Å². The summed E-state index contributed by atoms with van der Waals surface area (Å²) in [4.78, 5) is 12.8. The third-order valence-electron chi connectivity index (χ3n) is 5.33. The molecule has 0 atom stereocenters. The first-order chi connectivity index (χ1) is 15.5. The Morgan fingerprint density at radius 1 is 1.09 bits per heavy atom. The molecule has 9 heteroatoms. The molecule has 0 unspecified atom stereocenters. The Kier molecular flexibility index (Phi) is 6.57. The summed E-state index contributed by atoms with van der Waals surface area (Å²) in [6.45, 7) is 3.14. The van der Waals surface area contributed by atoms with Gasteiger partial charge >= 0.3 is 0 Å². The standard InChI is InChI=1S/C23H26N4O4S/c1-2-31-21-12-9-19(17-22(21)32(29,30)26-14-4-3-5-15-26)25-23(28)18-7-10-20(11-8-18)27-16-6-13-24-27/h6-13,16-17H,2-5,14-15H2,1H3,(H,25,28). The van der Waals surface area contributed by atoms with Gasteiger partial charge in [-0.05, 0) is 68.3 Å². The van der Waals surface area contributed by atoms with E-state index in [4.69, 9.17) is 4.74 Å². The summed E-state index contributed by atoms with van der Waals surface area (Å²) in [6.07, 6.45) is 6.21. The molecule has 0 radical (unpaired) electrons. The molecule has 168 valence electrons. The first-order valence-corrected chi connectivity index (χ1v) is 12.1. The lowest BCUT2D eigenvalue weighted by Crippen LogP contribution is -2.35. The highest BCUT2D eigenvalue weighted by Gasteiger charge is 2.29. The van der Waals surface area contributed by atoms with Crippen molar-refractivity contribution in [3.63, 3.8) is 0 Å². The minimum Gasteiger partial charge on any atom is -0.492 e. The molecule has 1 amide bonds. The Labute approximate surface area is 187 Å². The van der Waals surface area contributed by atoms with Crippen LogP contribution in [0.3, 0.4) is 0 Å². The number of sulfonamides is 1. The van der Waals surface area contributed by atoms with Crippen molar-refractivity contribution in [1.82, 2.24) is 14.1 Å². The maximum atomic E-state index is 13.3. The summed E-state index contributed by atoms with van der Waals surface area (Å²) in [5.41, 5.74) is 1.68. The number of carbonyl (C=O) groups excluding carboxylic acids is 1. The van der Waals surface area contributed by atoms with Crippen LogP contribution in [0.5, 0.6) is 5.75 Å². The van der Waals surface area contributed by atoms with Crippen molar-refractivity contribution in [3.05, 3.63) is 66.5 Å². The van der Waals surface area contributed by atoms with Gasteiger partial charge in [-0.15, -0.1) is 0 Å². The summed E-state index contributed by atoms with van der Waals surface area (Å²) in [5.74, 6) is -0.0397. The maximum Gasteiger partial charge on any atom is 0.255 e. The molecular formula is C23H26N4O4S. The van der Waals surface area contributed by atoms with Crippen molar-refractivity contribution >= 4 is 21.6 Å². The van der Waals surface area contributed by atoms with Gasteiger partial charge in [0.05, 0.1) is 12.3 Å². The molecule has 0 saturated carbocycles. The van der Waals surface area contributed by atoms with Gasteiger partial charge < -0.3 is 10.1 Å². The van der Waals surface area contributed by atoms with E-state index in [1.54, 1.807) is 54.2 Å². The molecular weight excluding hydrogens is 428 g/mol. The SMILES string of the molecule is CCOc1ccc(NC(=O)c2ccc(-n3cccn3)cc2)cc1S(=O)(=O)N1CCCCC1. The zero-order chi connectivity index (χ0) is 22.6. The van der Waals surface area contributed by atoms with E-state index in [9.17, 15) is 13.2 Å². The minimum atomic E-state index is -3.72. The second-order valence-electron chi connectivity index (χ2n) is 7.51. The van der Waals surface area contributed by atoms with E-state index >= 15 is 0 Å². The number of benzene rings is 2. The molecule has 2 heterocycles. The van der Waals surface area contributed by atoms with Crippen molar-refractivity contribution in [3.8, 4) is 11.4 Å². The number of amides is 1. The highest BCUT2D eigenvalue weighted by atomic mass is 32.2. The predicted molar refractivity (Wildman–Crippen MR) is 122 cm³/mol. The Balaban J connectivity index is 1.57. The minimum absolute atomic E-state index is 0.0769. The molecule has 0 aliphatic carbocycles. The molecule has 4 rings (SSSR count). The Bertz CT molecular complexity index is 1170.